The lowest BCUT2D eigenvalue weighted by Crippen LogP contribution is -2.61. The third-order valence-corrected chi connectivity index (χ3v) is 15.0. The molecular formula is C54H63N9O16S2. The molecule has 0 radical (unpaired) electrons. The van der Waals surface area contributed by atoms with Crippen LogP contribution in [-0.2, 0) is 72.0 Å². The molecule has 1 unspecified atom stereocenters. The van der Waals surface area contributed by atoms with Gasteiger partial charge in [0.1, 0.15) is 53.8 Å². The fourth-order valence-electron chi connectivity index (χ4n) is 7.95. The first-order valence-corrected chi connectivity index (χ1v) is 27.7. The standard InChI is InChI=1S/C54H63N9O16S2/c1-28-26-80-81-27-42(53(78)61-39(50(75)57-37(47(55)72)23-44(68)69)21-30-8-14-34(15-9-30)33-6-4-3-5-7-33)62-54(79)46(29(2)64)63-43(67)25-56-49(74)38(20-31-10-16-35(65)17-11-31)59-51(76)40(22-32-12-18-36(66)19-13-32)60-52(77)41(24-45(70)71)58-48(28)73/h3-19,28-29,37-42,46,64-66H,20-27H2,1-2H3,(H2,55,72)(H,56,74)(H,57,75)(H,58,73)(H,59,76)(H,60,77)(H,61,78)(H,62,79)(H,63,67)(H,68,69)(H,70,71)/t28-,29?,37-,38-,39-,40-,41-,42-,46-/m0/s1. The highest BCUT2D eigenvalue weighted by Gasteiger charge is 2.36. The Labute approximate surface area is 472 Å². The van der Waals surface area contributed by atoms with Crippen molar-refractivity contribution >= 4 is 86.7 Å². The van der Waals surface area contributed by atoms with Crippen LogP contribution in [0.5, 0.6) is 11.5 Å². The third-order valence-electron chi connectivity index (χ3n) is 12.4. The van der Waals surface area contributed by atoms with Crippen molar-refractivity contribution in [1.82, 2.24) is 42.5 Å². The van der Waals surface area contributed by atoms with Gasteiger partial charge in [0.2, 0.25) is 53.2 Å². The minimum Gasteiger partial charge on any atom is -0.508 e. The number of carboxylic acids is 2. The molecule has 27 heteroatoms. The Hall–Kier alpha value is -8.69. The predicted octanol–water partition coefficient (Wildman–Crippen LogP) is -0.851. The van der Waals surface area contributed by atoms with E-state index >= 15 is 0 Å². The number of benzene rings is 4. The summed E-state index contributed by atoms with van der Waals surface area (Å²) in [6, 6.07) is 15.6. The predicted molar refractivity (Wildman–Crippen MR) is 295 cm³/mol. The summed E-state index contributed by atoms with van der Waals surface area (Å²) < 4.78 is 0. The average molecular weight is 1160 g/mol. The number of carbonyl (C=O) groups excluding carboxylic acids is 9. The fourth-order valence-corrected chi connectivity index (χ4v) is 10.5. The van der Waals surface area contributed by atoms with Gasteiger partial charge in [-0.3, -0.25) is 52.7 Å². The number of phenolic OH excluding ortho intramolecular Hbond substituents is 2. The molecule has 0 bridgehead atoms. The van der Waals surface area contributed by atoms with Crippen LogP contribution < -0.4 is 48.3 Å². The molecule has 0 aromatic heterocycles. The molecular weight excluding hydrogens is 1090 g/mol. The number of phenols is 2. The van der Waals surface area contributed by atoms with Crippen LogP contribution in [0.15, 0.2) is 103 Å². The molecule has 0 aliphatic carbocycles. The van der Waals surface area contributed by atoms with Gasteiger partial charge in [0, 0.05) is 36.7 Å². The SMILES string of the molecule is CC(O)[C@@H]1NC(=O)CNC(=O)[C@H](Cc2ccc(O)cc2)NC(=O)[C@H](Cc2ccc(O)cc2)NC(=O)[C@H](CC(=O)O)NC(=O)[C@@H](C)CSSC[C@@H](C(=O)N[C@@H](Cc2ccc(-c3ccccc3)cc2)C(=O)N[C@@H](CC(=O)O)C(N)=O)NC1=O. The van der Waals surface area contributed by atoms with Crippen LogP contribution in [0.4, 0.5) is 0 Å². The molecule has 1 aliphatic heterocycles. The van der Waals surface area contributed by atoms with Crippen molar-refractivity contribution in [3.8, 4) is 22.6 Å². The zero-order chi connectivity index (χ0) is 59.3. The summed E-state index contributed by atoms with van der Waals surface area (Å²) in [6.45, 7) is 1.73. The van der Waals surface area contributed by atoms with Gasteiger partial charge in [0.25, 0.3) is 0 Å². The third kappa shape index (κ3) is 20.5. The number of hydrogen-bond acceptors (Lipinski definition) is 16. The number of carboxylic acid groups (broad SMARTS) is 2. The topological polar surface area (TPSA) is 411 Å². The van der Waals surface area contributed by atoms with Crippen LogP contribution in [0.25, 0.3) is 11.1 Å². The minimum absolute atomic E-state index is 0.0655. The molecule has 81 heavy (non-hydrogen) atoms. The summed E-state index contributed by atoms with van der Waals surface area (Å²) in [7, 11) is 1.93. The Kier molecular flexibility index (Phi) is 23.9. The molecule has 5 rings (SSSR count). The Morgan fingerprint density at radius 1 is 0.605 bits per heavy atom. The zero-order valence-corrected chi connectivity index (χ0v) is 45.4. The van der Waals surface area contributed by atoms with Gasteiger partial charge in [0.15, 0.2) is 0 Å². The van der Waals surface area contributed by atoms with Crippen LogP contribution in [0.1, 0.15) is 43.4 Å². The van der Waals surface area contributed by atoms with E-state index in [1.807, 2.05) is 30.3 Å². The summed E-state index contributed by atoms with van der Waals surface area (Å²) in [6.07, 6.45) is -4.32. The van der Waals surface area contributed by atoms with Gasteiger partial charge in [-0.1, -0.05) is 107 Å². The van der Waals surface area contributed by atoms with Crippen LogP contribution in [0.3, 0.4) is 0 Å². The van der Waals surface area contributed by atoms with Crippen molar-refractivity contribution in [2.24, 2.45) is 11.7 Å². The van der Waals surface area contributed by atoms with Gasteiger partial charge in [-0.15, -0.1) is 0 Å². The number of nitrogens with two attached hydrogens (primary N) is 1. The van der Waals surface area contributed by atoms with E-state index in [1.165, 1.54) is 55.5 Å². The van der Waals surface area contributed by atoms with E-state index in [4.69, 9.17) is 5.73 Å². The number of carbonyl (C=O) groups is 11. The van der Waals surface area contributed by atoms with Crippen LogP contribution in [0, 0.1) is 5.92 Å². The molecule has 4 aromatic carbocycles. The van der Waals surface area contributed by atoms with E-state index in [2.05, 4.69) is 42.5 Å². The molecule has 9 atom stereocenters. The number of primary amides is 1. The number of amides is 9. The monoisotopic (exact) mass is 1160 g/mol. The number of nitrogens with one attached hydrogen (secondary N) is 8. The second-order valence-corrected chi connectivity index (χ2v) is 21.5. The lowest BCUT2D eigenvalue weighted by atomic mass is 9.99. The summed E-state index contributed by atoms with van der Waals surface area (Å²) in [5.74, 6) is -13.9. The van der Waals surface area contributed by atoms with E-state index in [-0.39, 0.29) is 42.3 Å². The average Bonchev–Trinajstić information content (AvgIpc) is 3.45. The fraction of sp³-hybridized carbons (Fsp3) is 0.352. The first-order chi connectivity index (χ1) is 38.4. The first kappa shape index (κ1) is 63.1. The molecule has 4 aromatic rings. The first-order valence-electron chi connectivity index (χ1n) is 25.2. The molecule has 1 fully saturated rings. The maximum Gasteiger partial charge on any atom is 0.305 e. The molecule has 9 amide bonds. The summed E-state index contributed by atoms with van der Waals surface area (Å²) >= 11 is 0. The van der Waals surface area contributed by atoms with Gasteiger partial charge in [-0.05, 0) is 59.0 Å². The Balaban J connectivity index is 1.48. The van der Waals surface area contributed by atoms with Crippen molar-refractivity contribution in [2.45, 2.75) is 94.3 Å². The Bertz CT molecular complexity index is 2900. The highest BCUT2D eigenvalue weighted by Crippen LogP contribution is 2.26. The van der Waals surface area contributed by atoms with Crippen LogP contribution >= 0.6 is 21.6 Å². The van der Waals surface area contributed by atoms with Crippen molar-refractivity contribution in [2.75, 3.05) is 18.1 Å². The molecule has 15 N–H and O–H groups in total. The highest BCUT2D eigenvalue weighted by atomic mass is 33.1. The van der Waals surface area contributed by atoms with E-state index in [9.17, 15) is 78.3 Å². The Morgan fingerprint density at radius 2 is 1.12 bits per heavy atom. The highest BCUT2D eigenvalue weighted by molar-refractivity contribution is 8.76. The van der Waals surface area contributed by atoms with E-state index in [0.29, 0.717) is 16.7 Å². The number of aromatic hydroxyl groups is 2. The van der Waals surface area contributed by atoms with Gasteiger partial charge >= 0.3 is 11.9 Å². The molecule has 0 spiro atoms. The van der Waals surface area contributed by atoms with Crippen LogP contribution in [-0.4, -0.2) is 157 Å². The van der Waals surface area contributed by atoms with Crippen molar-refractivity contribution in [1.29, 1.82) is 0 Å². The molecule has 25 nitrogen and oxygen atoms in total. The van der Waals surface area contributed by atoms with Gasteiger partial charge < -0.3 is 73.8 Å². The molecule has 1 aliphatic rings. The number of aliphatic hydroxyl groups is 1. The maximum absolute atomic E-state index is 14.4. The minimum atomic E-state index is -1.81. The second kappa shape index (κ2) is 30.6. The van der Waals surface area contributed by atoms with Crippen LogP contribution in [0.2, 0.25) is 0 Å². The largest absolute Gasteiger partial charge is 0.508 e. The lowest BCUT2D eigenvalue weighted by molar-refractivity contribution is -0.141. The van der Waals surface area contributed by atoms with Crippen molar-refractivity contribution in [3.05, 3.63) is 120 Å². The van der Waals surface area contributed by atoms with E-state index in [0.717, 1.165) is 39.6 Å². The van der Waals surface area contributed by atoms with Gasteiger partial charge in [-0.2, -0.15) is 0 Å². The number of rotatable bonds is 17. The van der Waals surface area contributed by atoms with E-state index in [1.54, 1.807) is 24.3 Å². The molecule has 432 valence electrons. The number of hydrogen-bond donors (Lipinski definition) is 14. The normalized spacial score (nSPS) is 21.1. The van der Waals surface area contributed by atoms with Crippen molar-refractivity contribution < 1.29 is 78.3 Å². The summed E-state index contributed by atoms with van der Waals surface area (Å²) in [5.41, 5.74) is 8.37. The van der Waals surface area contributed by atoms with E-state index < -0.39 is 139 Å². The lowest BCUT2D eigenvalue weighted by Gasteiger charge is -2.27. The number of aliphatic hydroxyl groups excluding tert-OH is 1. The van der Waals surface area contributed by atoms with Gasteiger partial charge in [0.05, 0.1) is 25.5 Å². The zero-order valence-electron chi connectivity index (χ0n) is 43.8. The molecule has 0 saturated carbocycles. The van der Waals surface area contributed by atoms with Crippen molar-refractivity contribution in [3.63, 3.8) is 0 Å². The summed E-state index contributed by atoms with van der Waals surface area (Å²) in [4.78, 5) is 148. The molecule has 1 heterocycles. The molecule has 1 saturated heterocycles. The second-order valence-electron chi connectivity index (χ2n) is 18.9. The smallest absolute Gasteiger partial charge is 0.305 e. The maximum atomic E-state index is 14.4. The summed E-state index contributed by atoms with van der Waals surface area (Å²) in [5, 5.41) is 69.4. The quantitative estimate of drug-likeness (QED) is 0.0573. The Morgan fingerprint density at radius 3 is 1.67 bits per heavy atom. The number of aliphatic carboxylic acids is 2. The van der Waals surface area contributed by atoms with Gasteiger partial charge in [-0.25, -0.2) is 0 Å².